The Bertz CT molecular complexity index is 1420. The fourth-order valence-electron chi connectivity index (χ4n) is 4.81. The number of esters is 1. The highest BCUT2D eigenvalue weighted by molar-refractivity contribution is 6.15. The van der Waals surface area contributed by atoms with E-state index in [4.69, 9.17) is 23.7 Å². The number of rotatable bonds is 6. The average molecular weight is 501 g/mol. The van der Waals surface area contributed by atoms with Crippen LogP contribution in [0.3, 0.4) is 0 Å². The summed E-state index contributed by atoms with van der Waals surface area (Å²) in [6, 6.07) is 14.9. The number of hydrogen-bond acceptors (Lipinski definition) is 7. The molecule has 7 heteroatoms. The number of methoxy groups -OCH3 is 3. The van der Waals surface area contributed by atoms with Gasteiger partial charge in [-0.15, -0.1) is 0 Å². The van der Waals surface area contributed by atoms with Crippen molar-refractivity contribution in [1.29, 1.82) is 0 Å². The molecule has 7 nitrogen and oxygen atoms in total. The molecule has 2 aliphatic rings. The van der Waals surface area contributed by atoms with E-state index in [9.17, 15) is 9.59 Å². The number of hydrogen-bond donors (Lipinski definition) is 0. The van der Waals surface area contributed by atoms with Gasteiger partial charge in [-0.2, -0.15) is 0 Å². The zero-order chi connectivity index (χ0) is 26.3. The molecular formula is C30H28O7. The molecular weight excluding hydrogens is 472 g/mol. The Balaban J connectivity index is 1.58. The van der Waals surface area contributed by atoms with E-state index in [2.05, 4.69) is 26.0 Å². The SMILES string of the molecule is COc1cc(OC)c(OC)cc1/C=C1\Oc2c(ccc3c2[C@@H](c2ccc(C(C)C)cc2)CC(=O)O3)C1=O. The Morgan fingerprint density at radius 3 is 2.19 bits per heavy atom. The lowest BCUT2D eigenvalue weighted by atomic mass is 9.84. The predicted octanol–water partition coefficient (Wildman–Crippen LogP) is 5.89. The third-order valence-corrected chi connectivity index (χ3v) is 6.81. The topological polar surface area (TPSA) is 80.3 Å². The summed E-state index contributed by atoms with van der Waals surface area (Å²) in [6.07, 6.45) is 1.78. The molecule has 5 rings (SSSR count). The Labute approximate surface area is 215 Å². The monoisotopic (exact) mass is 500 g/mol. The summed E-state index contributed by atoms with van der Waals surface area (Å²) in [5, 5.41) is 0. The first kappa shape index (κ1) is 24.4. The van der Waals surface area contributed by atoms with Crippen molar-refractivity contribution in [2.24, 2.45) is 0 Å². The zero-order valence-corrected chi connectivity index (χ0v) is 21.4. The minimum absolute atomic E-state index is 0.139. The number of fused-ring (bicyclic) bond motifs is 3. The van der Waals surface area contributed by atoms with Crippen LogP contribution in [-0.2, 0) is 4.79 Å². The van der Waals surface area contributed by atoms with Crippen molar-refractivity contribution in [3.05, 3.63) is 82.1 Å². The van der Waals surface area contributed by atoms with Crippen LogP contribution in [0, 0.1) is 0 Å². The lowest BCUT2D eigenvalue weighted by Crippen LogP contribution is -2.21. The van der Waals surface area contributed by atoms with E-state index >= 15 is 0 Å². The Morgan fingerprint density at radius 1 is 0.865 bits per heavy atom. The highest BCUT2D eigenvalue weighted by Crippen LogP contribution is 2.49. The normalized spacial score (nSPS) is 17.2. The van der Waals surface area contributed by atoms with Crippen LogP contribution in [0.1, 0.15) is 64.7 Å². The van der Waals surface area contributed by atoms with Gasteiger partial charge < -0.3 is 23.7 Å². The summed E-state index contributed by atoms with van der Waals surface area (Å²) >= 11 is 0. The van der Waals surface area contributed by atoms with Crippen molar-refractivity contribution in [3.63, 3.8) is 0 Å². The van der Waals surface area contributed by atoms with Crippen molar-refractivity contribution in [3.8, 4) is 28.7 Å². The van der Waals surface area contributed by atoms with E-state index in [-0.39, 0.29) is 29.9 Å². The third kappa shape index (κ3) is 4.31. The van der Waals surface area contributed by atoms with Gasteiger partial charge in [0.2, 0.25) is 5.78 Å². The molecule has 0 saturated carbocycles. The summed E-state index contributed by atoms with van der Waals surface area (Å²) in [4.78, 5) is 25.9. The molecule has 190 valence electrons. The van der Waals surface area contributed by atoms with E-state index in [1.165, 1.54) is 19.8 Å². The summed E-state index contributed by atoms with van der Waals surface area (Å²) in [5.74, 6) is 1.97. The van der Waals surface area contributed by atoms with Gasteiger partial charge in [-0.1, -0.05) is 38.1 Å². The maximum absolute atomic E-state index is 13.4. The number of benzene rings is 3. The van der Waals surface area contributed by atoms with Crippen LogP contribution in [-0.4, -0.2) is 33.1 Å². The number of ether oxygens (including phenoxy) is 5. The first-order valence-electron chi connectivity index (χ1n) is 12.1. The van der Waals surface area contributed by atoms with Gasteiger partial charge in [0.25, 0.3) is 0 Å². The van der Waals surface area contributed by atoms with Gasteiger partial charge in [0.15, 0.2) is 17.3 Å². The second-order valence-electron chi connectivity index (χ2n) is 9.30. The number of carbonyl (C=O) groups is 2. The minimum Gasteiger partial charge on any atom is -0.496 e. The zero-order valence-electron chi connectivity index (χ0n) is 21.4. The maximum atomic E-state index is 13.4. The molecule has 37 heavy (non-hydrogen) atoms. The van der Waals surface area contributed by atoms with Gasteiger partial charge in [-0.25, -0.2) is 0 Å². The first-order valence-corrected chi connectivity index (χ1v) is 12.1. The van der Waals surface area contributed by atoms with Crippen LogP contribution in [0.4, 0.5) is 0 Å². The highest BCUT2D eigenvalue weighted by atomic mass is 16.5. The van der Waals surface area contributed by atoms with Gasteiger partial charge in [-0.05, 0) is 41.3 Å². The molecule has 3 aromatic rings. The fourth-order valence-corrected chi connectivity index (χ4v) is 4.81. The Hall–Kier alpha value is -4.26. The Kier molecular flexibility index (Phi) is 6.38. The predicted molar refractivity (Wildman–Crippen MR) is 138 cm³/mol. The standard InChI is InChI=1S/C30H28O7/c1-16(2)17-6-8-18(9-7-17)21-14-27(31)36-22-11-10-20-29(32)26(37-30(20)28(21)22)13-19-12-24(34-4)25(35-5)15-23(19)33-3/h6-13,15-16,21H,14H2,1-5H3/b26-13-/t21-/m1/s1. The minimum atomic E-state index is -0.319. The van der Waals surface area contributed by atoms with Crippen LogP contribution < -0.4 is 23.7 Å². The summed E-state index contributed by atoms with van der Waals surface area (Å²) in [5.41, 5.74) is 3.89. The molecule has 1 atom stereocenters. The van der Waals surface area contributed by atoms with Crippen molar-refractivity contribution in [2.75, 3.05) is 21.3 Å². The van der Waals surface area contributed by atoms with Gasteiger partial charge in [-0.3, -0.25) is 9.59 Å². The van der Waals surface area contributed by atoms with Gasteiger partial charge >= 0.3 is 5.97 Å². The second-order valence-corrected chi connectivity index (χ2v) is 9.30. The largest absolute Gasteiger partial charge is 0.496 e. The molecule has 0 radical (unpaired) electrons. The van der Waals surface area contributed by atoms with Gasteiger partial charge in [0.05, 0.1) is 33.3 Å². The molecule has 0 aliphatic carbocycles. The maximum Gasteiger partial charge on any atom is 0.312 e. The number of allylic oxidation sites excluding steroid dienone is 1. The quantitative estimate of drug-likeness (QED) is 0.237. The molecule has 0 fully saturated rings. The molecule has 0 N–H and O–H groups in total. The lowest BCUT2D eigenvalue weighted by molar-refractivity contribution is -0.135. The molecule has 0 saturated heterocycles. The molecule has 3 aromatic carbocycles. The van der Waals surface area contributed by atoms with E-state index in [1.807, 2.05) is 12.1 Å². The molecule has 0 bridgehead atoms. The first-order chi connectivity index (χ1) is 17.8. The number of carbonyl (C=O) groups excluding carboxylic acids is 2. The van der Waals surface area contributed by atoms with E-state index in [0.717, 1.165) is 5.56 Å². The molecule has 0 aromatic heterocycles. The van der Waals surface area contributed by atoms with Crippen LogP contribution in [0.15, 0.2) is 54.3 Å². The van der Waals surface area contributed by atoms with E-state index < -0.39 is 0 Å². The van der Waals surface area contributed by atoms with Crippen molar-refractivity contribution < 1.29 is 33.3 Å². The van der Waals surface area contributed by atoms with Crippen LogP contribution in [0.2, 0.25) is 0 Å². The van der Waals surface area contributed by atoms with Crippen LogP contribution in [0.25, 0.3) is 6.08 Å². The van der Waals surface area contributed by atoms with Gasteiger partial charge in [0, 0.05) is 23.1 Å². The fraction of sp³-hybridized carbons (Fsp3) is 0.267. The smallest absolute Gasteiger partial charge is 0.312 e. The molecule has 0 unspecified atom stereocenters. The summed E-state index contributed by atoms with van der Waals surface area (Å²) < 4.78 is 28.0. The highest BCUT2D eigenvalue weighted by Gasteiger charge is 2.38. The van der Waals surface area contributed by atoms with Crippen molar-refractivity contribution in [1.82, 2.24) is 0 Å². The van der Waals surface area contributed by atoms with Crippen LogP contribution >= 0.6 is 0 Å². The number of Topliss-reactive ketones (excluding diaryl/α,β-unsaturated/α-hetero) is 1. The molecule has 2 aliphatic heterocycles. The van der Waals surface area contributed by atoms with E-state index in [0.29, 0.717) is 51.4 Å². The average Bonchev–Trinajstić information content (AvgIpc) is 3.22. The van der Waals surface area contributed by atoms with Gasteiger partial charge in [0.1, 0.15) is 17.2 Å². The lowest BCUT2D eigenvalue weighted by Gasteiger charge is -2.26. The second kappa shape index (κ2) is 9.65. The third-order valence-electron chi connectivity index (χ3n) is 6.81. The molecule has 2 heterocycles. The van der Waals surface area contributed by atoms with Crippen molar-refractivity contribution in [2.45, 2.75) is 32.1 Å². The number of ketones is 1. The Morgan fingerprint density at radius 2 is 1.54 bits per heavy atom. The van der Waals surface area contributed by atoms with Crippen LogP contribution in [0.5, 0.6) is 28.7 Å². The molecule has 0 spiro atoms. The molecule has 0 amide bonds. The summed E-state index contributed by atoms with van der Waals surface area (Å²) in [7, 11) is 4.61. The van der Waals surface area contributed by atoms with E-state index in [1.54, 1.807) is 37.5 Å². The van der Waals surface area contributed by atoms with Crippen molar-refractivity contribution >= 4 is 17.8 Å². The summed E-state index contributed by atoms with van der Waals surface area (Å²) in [6.45, 7) is 4.27.